The molecule has 0 aliphatic heterocycles. The fraction of sp³-hybridized carbons (Fsp3) is 0.467. The monoisotopic (exact) mass is 232 g/mol. The van der Waals surface area contributed by atoms with E-state index in [1.165, 1.54) is 12.0 Å². The van der Waals surface area contributed by atoms with Crippen molar-refractivity contribution in [2.24, 2.45) is 0 Å². The van der Waals surface area contributed by atoms with Gasteiger partial charge in [0.15, 0.2) is 0 Å². The molecular weight excluding hydrogens is 208 g/mol. The summed E-state index contributed by atoms with van der Waals surface area (Å²) in [5.74, 6) is 0. The summed E-state index contributed by atoms with van der Waals surface area (Å²) in [6.07, 6.45) is 5.53. The van der Waals surface area contributed by atoms with E-state index in [-0.39, 0.29) is 0 Å². The largest absolute Gasteiger partial charge is 0.311 e. The molecule has 1 atom stereocenters. The molecule has 0 aliphatic rings. The third-order valence-corrected chi connectivity index (χ3v) is 2.70. The van der Waals surface area contributed by atoms with E-state index < -0.39 is 0 Å². The van der Waals surface area contributed by atoms with E-state index in [4.69, 9.17) is 0 Å². The van der Waals surface area contributed by atoms with Crippen LogP contribution < -0.4 is 5.32 Å². The van der Waals surface area contributed by atoms with Crippen LogP contribution in [0.15, 0.2) is 36.4 Å². The van der Waals surface area contributed by atoms with Gasteiger partial charge in [-0.1, -0.05) is 42.5 Å². The molecule has 1 aromatic carbocycles. The fourth-order valence-electron chi connectivity index (χ4n) is 1.58. The average Bonchev–Trinajstić information content (AvgIpc) is 2.33. The van der Waals surface area contributed by atoms with Crippen LogP contribution in [0.3, 0.4) is 0 Å². The van der Waals surface area contributed by atoms with Crippen molar-refractivity contribution in [3.05, 3.63) is 42.0 Å². The first kappa shape index (κ1) is 13.9. The van der Waals surface area contributed by atoms with Gasteiger partial charge in [-0.3, -0.25) is 0 Å². The van der Waals surface area contributed by atoms with Crippen molar-refractivity contribution in [2.45, 2.75) is 19.4 Å². The van der Waals surface area contributed by atoms with E-state index in [1.807, 2.05) is 6.07 Å². The van der Waals surface area contributed by atoms with Gasteiger partial charge >= 0.3 is 0 Å². The van der Waals surface area contributed by atoms with Gasteiger partial charge in [-0.25, -0.2) is 0 Å². The van der Waals surface area contributed by atoms with E-state index in [9.17, 15) is 0 Å². The second-order valence-electron chi connectivity index (χ2n) is 4.71. The molecule has 0 spiro atoms. The van der Waals surface area contributed by atoms with Crippen molar-refractivity contribution in [3.63, 3.8) is 0 Å². The quantitative estimate of drug-likeness (QED) is 0.777. The van der Waals surface area contributed by atoms with Crippen molar-refractivity contribution >= 4 is 6.08 Å². The molecule has 1 unspecified atom stereocenters. The molecule has 1 N–H and O–H groups in total. The minimum Gasteiger partial charge on any atom is -0.311 e. The smallest absolute Gasteiger partial charge is 0.0140 e. The van der Waals surface area contributed by atoms with Gasteiger partial charge in [-0.05, 0) is 39.5 Å². The molecule has 1 rings (SSSR count). The lowest BCUT2D eigenvalue weighted by Crippen LogP contribution is -2.29. The SMILES string of the molecule is CC(CCN(C)C)NCC=Cc1ccccc1. The zero-order valence-corrected chi connectivity index (χ0v) is 11.2. The summed E-state index contributed by atoms with van der Waals surface area (Å²) in [6.45, 7) is 4.31. The second kappa shape index (κ2) is 8.04. The first-order valence-electron chi connectivity index (χ1n) is 6.28. The normalized spacial score (nSPS) is 13.4. The summed E-state index contributed by atoms with van der Waals surface area (Å²) in [5.41, 5.74) is 1.26. The molecular formula is C15H24N2. The Balaban J connectivity index is 2.17. The fourth-order valence-corrected chi connectivity index (χ4v) is 1.58. The Hall–Kier alpha value is -1.12. The minimum atomic E-state index is 0.567. The molecule has 0 bridgehead atoms. The highest BCUT2D eigenvalue weighted by Gasteiger charge is 1.99. The van der Waals surface area contributed by atoms with Crippen LogP contribution in [-0.2, 0) is 0 Å². The summed E-state index contributed by atoms with van der Waals surface area (Å²) in [6, 6.07) is 11.0. The molecule has 0 saturated carbocycles. The Morgan fingerprint density at radius 2 is 1.94 bits per heavy atom. The zero-order valence-electron chi connectivity index (χ0n) is 11.2. The predicted octanol–water partition coefficient (Wildman–Crippen LogP) is 2.63. The Morgan fingerprint density at radius 1 is 1.24 bits per heavy atom. The summed E-state index contributed by atoms with van der Waals surface area (Å²) in [4.78, 5) is 2.22. The van der Waals surface area contributed by atoms with Crippen LogP contribution in [0, 0.1) is 0 Å². The topological polar surface area (TPSA) is 15.3 Å². The lowest BCUT2D eigenvalue weighted by Gasteiger charge is -2.15. The summed E-state index contributed by atoms with van der Waals surface area (Å²) < 4.78 is 0. The number of hydrogen-bond donors (Lipinski definition) is 1. The Kier molecular flexibility index (Phi) is 6.60. The van der Waals surface area contributed by atoms with E-state index in [1.54, 1.807) is 0 Å². The molecule has 0 aliphatic carbocycles. The van der Waals surface area contributed by atoms with Crippen LogP contribution in [0.5, 0.6) is 0 Å². The summed E-state index contributed by atoms with van der Waals surface area (Å²) in [5, 5.41) is 3.49. The highest BCUT2D eigenvalue weighted by molar-refractivity contribution is 5.48. The molecule has 1 aromatic rings. The van der Waals surface area contributed by atoms with Gasteiger partial charge in [-0.2, -0.15) is 0 Å². The maximum atomic E-state index is 3.49. The molecule has 0 aromatic heterocycles. The molecule has 2 heteroatoms. The van der Waals surface area contributed by atoms with Crippen LogP contribution in [-0.4, -0.2) is 38.1 Å². The summed E-state index contributed by atoms with van der Waals surface area (Å²) >= 11 is 0. The molecule has 0 amide bonds. The van der Waals surface area contributed by atoms with E-state index >= 15 is 0 Å². The van der Waals surface area contributed by atoms with Gasteiger partial charge in [0.1, 0.15) is 0 Å². The van der Waals surface area contributed by atoms with Gasteiger partial charge < -0.3 is 10.2 Å². The predicted molar refractivity (Wildman–Crippen MR) is 76.1 cm³/mol. The molecule has 0 heterocycles. The number of nitrogens with one attached hydrogen (secondary N) is 1. The number of benzene rings is 1. The average molecular weight is 232 g/mol. The van der Waals surface area contributed by atoms with Crippen LogP contribution in [0.25, 0.3) is 6.08 Å². The van der Waals surface area contributed by atoms with E-state index in [2.05, 4.69) is 67.7 Å². The van der Waals surface area contributed by atoms with Gasteiger partial charge in [0.25, 0.3) is 0 Å². The number of nitrogens with zero attached hydrogens (tertiary/aromatic N) is 1. The van der Waals surface area contributed by atoms with Crippen molar-refractivity contribution in [2.75, 3.05) is 27.2 Å². The van der Waals surface area contributed by atoms with Gasteiger partial charge in [0.05, 0.1) is 0 Å². The maximum Gasteiger partial charge on any atom is 0.0140 e. The standard InChI is InChI=1S/C15H24N2/c1-14(11-13-17(2)3)16-12-7-10-15-8-5-4-6-9-15/h4-10,14,16H,11-13H2,1-3H3. The van der Waals surface area contributed by atoms with Crippen molar-refractivity contribution in [3.8, 4) is 0 Å². The molecule has 0 radical (unpaired) electrons. The second-order valence-corrected chi connectivity index (χ2v) is 4.71. The third kappa shape index (κ3) is 6.93. The van der Waals surface area contributed by atoms with Gasteiger partial charge in [0.2, 0.25) is 0 Å². The molecule has 94 valence electrons. The Labute approximate surface area is 105 Å². The van der Waals surface area contributed by atoms with Crippen molar-refractivity contribution < 1.29 is 0 Å². The van der Waals surface area contributed by atoms with Crippen molar-refractivity contribution in [1.82, 2.24) is 10.2 Å². The maximum absolute atomic E-state index is 3.49. The highest BCUT2D eigenvalue weighted by Crippen LogP contribution is 2.00. The zero-order chi connectivity index (χ0) is 12.5. The van der Waals surface area contributed by atoms with Gasteiger partial charge in [-0.15, -0.1) is 0 Å². The Bertz CT molecular complexity index is 317. The first-order chi connectivity index (χ1) is 8.18. The van der Waals surface area contributed by atoms with Gasteiger partial charge in [0, 0.05) is 12.6 Å². The van der Waals surface area contributed by atoms with Crippen LogP contribution in [0.1, 0.15) is 18.9 Å². The first-order valence-corrected chi connectivity index (χ1v) is 6.28. The van der Waals surface area contributed by atoms with Crippen molar-refractivity contribution in [1.29, 1.82) is 0 Å². The molecule has 17 heavy (non-hydrogen) atoms. The number of hydrogen-bond acceptors (Lipinski definition) is 2. The third-order valence-electron chi connectivity index (χ3n) is 2.70. The summed E-state index contributed by atoms with van der Waals surface area (Å²) in [7, 11) is 4.23. The highest BCUT2D eigenvalue weighted by atomic mass is 15.1. The molecule has 0 fully saturated rings. The van der Waals surface area contributed by atoms with Crippen LogP contribution in [0.4, 0.5) is 0 Å². The molecule has 0 saturated heterocycles. The minimum absolute atomic E-state index is 0.567. The van der Waals surface area contributed by atoms with E-state index in [0.717, 1.165) is 13.1 Å². The molecule has 2 nitrogen and oxygen atoms in total. The lowest BCUT2D eigenvalue weighted by molar-refractivity contribution is 0.370. The van der Waals surface area contributed by atoms with Crippen LogP contribution >= 0.6 is 0 Å². The lowest BCUT2D eigenvalue weighted by atomic mass is 10.2. The Morgan fingerprint density at radius 3 is 2.59 bits per heavy atom. The number of rotatable bonds is 7. The van der Waals surface area contributed by atoms with Crippen LogP contribution in [0.2, 0.25) is 0 Å². The van der Waals surface area contributed by atoms with E-state index in [0.29, 0.717) is 6.04 Å².